The van der Waals surface area contributed by atoms with Crippen molar-refractivity contribution in [3.8, 4) is 0 Å². The van der Waals surface area contributed by atoms with Crippen LogP contribution in [0, 0.1) is 12.8 Å². The molecule has 148 valence electrons. The number of piperidine rings is 1. The fourth-order valence-corrected chi connectivity index (χ4v) is 3.43. The van der Waals surface area contributed by atoms with Crippen molar-refractivity contribution in [2.75, 3.05) is 19.6 Å². The lowest BCUT2D eigenvalue weighted by molar-refractivity contribution is 0.0684. The number of aromatic nitrogens is 2. The van der Waals surface area contributed by atoms with Crippen LogP contribution in [0.2, 0.25) is 0 Å². The average Bonchev–Trinajstić information content (AvgIpc) is 3.12. The molecule has 3 rings (SSSR count). The fraction of sp³-hybridized carbons (Fsp3) is 0.400. The lowest BCUT2D eigenvalue weighted by atomic mass is 9.95. The third kappa shape index (κ3) is 4.57. The Morgan fingerprint density at radius 2 is 1.82 bits per heavy atom. The summed E-state index contributed by atoms with van der Waals surface area (Å²) in [5, 5.41) is 16.1. The molecule has 0 aliphatic carbocycles. The maximum absolute atomic E-state index is 12.7. The summed E-state index contributed by atoms with van der Waals surface area (Å²) in [6.07, 6.45) is 4.78. The van der Waals surface area contributed by atoms with Crippen LogP contribution in [0.4, 0.5) is 0 Å². The molecule has 2 amide bonds. The summed E-state index contributed by atoms with van der Waals surface area (Å²) in [6.45, 7) is 3.51. The molecule has 0 radical (unpaired) electrons. The molecule has 0 bridgehead atoms. The summed E-state index contributed by atoms with van der Waals surface area (Å²) in [5.74, 6) is -1.03. The molecule has 28 heavy (non-hydrogen) atoms. The maximum Gasteiger partial charge on any atom is 0.335 e. The Morgan fingerprint density at radius 1 is 1.14 bits per heavy atom. The number of carbonyl (C=O) groups excluding carboxylic acids is 2. The molecule has 0 atom stereocenters. The first-order valence-electron chi connectivity index (χ1n) is 9.24. The van der Waals surface area contributed by atoms with Crippen molar-refractivity contribution in [1.29, 1.82) is 0 Å². The molecule has 1 aliphatic rings. The fourth-order valence-electron chi connectivity index (χ4n) is 3.43. The molecule has 2 N–H and O–H groups in total. The Hall–Kier alpha value is -3.16. The van der Waals surface area contributed by atoms with E-state index in [0.717, 1.165) is 18.4 Å². The quantitative estimate of drug-likeness (QED) is 0.817. The smallest absolute Gasteiger partial charge is 0.335 e. The summed E-state index contributed by atoms with van der Waals surface area (Å²) in [5.41, 5.74) is 1.80. The number of aromatic carboxylic acids is 1. The normalized spacial score (nSPS) is 14.7. The largest absolute Gasteiger partial charge is 0.478 e. The van der Waals surface area contributed by atoms with E-state index in [0.29, 0.717) is 36.7 Å². The van der Waals surface area contributed by atoms with E-state index in [1.807, 2.05) is 0 Å². The van der Waals surface area contributed by atoms with Gasteiger partial charge in [-0.3, -0.25) is 14.3 Å². The van der Waals surface area contributed by atoms with Crippen LogP contribution in [-0.2, 0) is 7.05 Å². The number of likely N-dealkylation sites (tertiary alicyclic amines) is 1. The number of hydrogen-bond donors (Lipinski definition) is 2. The van der Waals surface area contributed by atoms with Crippen LogP contribution < -0.4 is 5.32 Å². The zero-order valence-corrected chi connectivity index (χ0v) is 16.0. The van der Waals surface area contributed by atoms with Crippen molar-refractivity contribution < 1.29 is 19.5 Å². The van der Waals surface area contributed by atoms with E-state index in [9.17, 15) is 19.5 Å². The SMILES string of the molecule is Cc1cc(C(=O)O)cc(C(=O)N2CCC(CNC(=O)c3cnn(C)c3)CC2)c1. The van der Waals surface area contributed by atoms with Crippen LogP contribution in [0.5, 0.6) is 0 Å². The van der Waals surface area contributed by atoms with Crippen molar-refractivity contribution in [1.82, 2.24) is 20.0 Å². The Kier molecular flexibility index (Phi) is 5.77. The third-order valence-electron chi connectivity index (χ3n) is 4.99. The molecule has 2 heterocycles. The van der Waals surface area contributed by atoms with Gasteiger partial charge in [0.15, 0.2) is 0 Å². The van der Waals surface area contributed by atoms with Gasteiger partial charge >= 0.3 is 5.97 Å². The van der Waals surface area contributed by atoms with Gasteiger partial charge in [0.2, 0.25) is 0 Å². The molecule has 1 aliphatic heterocycles. The van der Waals surface area contributed by atoms with Crippen LogP contribution in [0.25, 0.3) is 0 Å². The van der Waals surface area contributed by atoms with Crippen molar-refractivity contribution in [3.05, 3.63) is 52.8 Å². The van der Waals surface area contributed by atoms with Gasteiger partial charge in [-0.25, -0.2) is 4.79 Å². The summed E-state index contributed by atoms with van der Waals surface area (Å²) >= 11 is 0. The first-order valence-corrected chi connectivity index (χ1v) is 9.24. The zero-order valence-electron chi connectivity index (χ0n) is 16.0. The predicted molar refractivity (Wildman–Crippen MR) is 102 cm³/mol. The van der Waals surface area contributed by atoms with Crippen molar-refractivity contribution in [2.45, 2.75) is 19.8 Å². The highest BCUT2D eigenvalue weighted by atomic mass is 16.4. The minimum atomic E-state index is -1.04. The molecular formula is C20H24N4O4. The second-order valence-corrected chi connectivity index (χ2v) is 7.24. The highest BCUT2D eigenvalue weighted by Gasteiger charge is 2.25. The van der Waals surface area contributed by atoms with Gasteiger partial charge in [0.05, 0.1) is 17.3 Å². The predicted octanol–water partition coefficient (Wildman–Crippen LogP) is 1.71. The van der Waals surface area contributed by atoms with Gasteiger partial charge in [0, 0.05) is 38.4 Å². The van der Waals surface area contributed by atoms with E-state index in [-0.39, 0.29) is 17.4 Å². The molecule has 1 fully saturated rings. The summed E-state index contributed by atoms with van der Waals surface area (Å²) in [6, 6.07) is 4.70. The van der Waals surface area contributed by atoms with E-state index in [1.54, 1.807) is 41.9 Å². The van der Waals surface area contributed by atoms with E-state index >= 15 is 0 Å². The second kappa shape index (κ2) is 8.24. The molecule has 0 saturated carbocycles. The minimum absolute atomic E-state index is 0.122. The lowest BCUT2D eigenvalue weighted by Gasteiger charge is -2.32. The summed E-state index contributed by atoms with van der Waals surface area (Å²) in [4.78, 5) is 37.8. The zero-order chi connectivity index (χ0) is 20.3. The average molecular weight is 384 g/mol. The van der Waals surface area contributed by atoms with Gasteiger partial charge in [0.25, 0.3) is 11.8 Å². The number of rotatable bonds is 5. The second-order valence-electron chi connectivity index (χ2n) is 7.24. The maximum atomic E-state index is 12.7. The number of carbonyl (C=O) groups is 3. The number of nitrogens with one attached hydrogen (secondary N) is 1. The summed E-state index contributed by atoms with van der Waals surface area (Å²) in [7, 11) is 1.76. The molecule has 0 unspecified atom stereocenters. The topological polar surface area (TPSA) is 105 Å². The monoisotopic (exact) mass is 384 g/mol. The van der Waals surface area contributed by atoms with Crippen molar-refractivity contribution >= 4 is 17.8 Å². The number of benzene rings is 1. The molecule has 8 nitrogen and oxygen atoms in total. The third-order valence-corrected chi connectivity index (χ3v) is 4.99. The van der Waals surface area contributed by atoms with Gasteiger partial charge in [-0.15, -0.1) is 0 Å². The minimum Gasteiger partial charge on any atom is -0.478 e. The number of hydrogen-bond acceptors (Lipinski definition) is 4. The molecule has 8 heteroatoms. The summed E-state index contributed by atoms with van der Waals surface area (Å²) < 4.78 is 1.58. The van der Waals surface area contributed by atoms with Gasteiger partial charge in [-0.05, 0) is 49.4 Å². The van der Waals surface area contributed by atoms with Gasteiger partial charge in [-0.1, -0.05) is 0 Å². The van der Waals surface area contributed by atoms with E-state index in [1.165, 1.54) is 12.3 Å². The van der Waals surface area contributed by atoms with Crippen LogP contribution in [0.15, 0.2) is 30.6 Å². The van der Waals surface area contributed by atoms with Gasteiger partial charge in [-0.2, -0.15) is 5.10 Å². The number of nitrogens with zero attached hydrogens (tertiary/aromatic N) is 3. The molecule has 1 saturated heterocycles. The van der Waals surface area contributed by atoms with Crippen LogP contribution >= 0.6 is 0 Å². The number of carboxylic acids is 1. The Morgan fingerprint density at radius 3 is 2.43 bits per heavy atom. The lowest BCUT2D eigenvalue weighted by Crippen LogP contribution is -2.41. The van der Waals surface area contributed by atoms with E-state index in [2.05, 4.69) is 10.4 Å². The Bertz CT molecular complexity index is 897. The van der Waals surface area contributed by atoms with Gasteiger partial charge in [0.1, 0.15) is 0 Å². The first-order chi connectivity index (χ1) is 13.3. The van der Waals surface area contributed by atoms with E-state index < -0.39 is 5.97 Å². The van der Waals surface area contributed by atoms with Gasteiger partial charge < -0.3 is 15.3 Å². The molecule has 0 spiro atoms. The van der Waals surface area contributed by atoms with Crippen LogP contribution in [-0.4, -0.2) is 57.2 Å². The van der Waals surface area contributed by atoms with E-state index in [4.69, 9.17) is 0 Å². The van der Waals surface area contributed by atoms with Crippen LogP contribution in [0.3, 0.4) is 0 Å². The molecule has 1 aromatic heterocycles. The number of carboxylic acid groups (broad SMARTS) is 1. The Labute approximate surface area is 163 Å². The number of amides is 2. The van der Waals surface area contributed by atoms with Crippen molar-refractivity contribution in [3.63, 3.8) is 0 Å². The van der Waals surface area contributed by atoms with Crippen molar-refractivity contribution in [2.24, 2.45) is 13.0 Å². The highest BCUT2D eigenvalue weighted by Crippen LogP contribution is 2.20. The molecule has 2 aromatic rings. The molecular weight excluding hydrogens is 360 g/mol. The standard InChI is InChI=1S/C20H24N4O4/c1-13-7-15(9-16(8-13)20(27)28)19(26)24-5-3-14(4-6-24)10-21-18(25)17-11-22-23(2)12-17/h7-9,11-12,14H,3-6,10H2,1-2H3,(H,21,25)(H,27,28). The highest BCUT2D eigenvalue weighted by molar-refractivity contribution is 5.98. The molecule has 1 aromatic carbocycles. The van der Waals surface area contributed by atoms with Crippen LogP contribution in [0.1, 0.15) is 49.5 Å². The number of aryl methyl sites for hydroxylation is 2. The first kappa shape index (κ1) is 19.6. The Balaban J connectivity index is 1.53.